The lowest BCUT2D eigenvalue weighted by Crippen LogP contribution is -2.38. The van der Waals surface area contributed by atoms with Crippen LogP contribution < -0.4 is 10.2 Å². The second-order valence-corrected chi connectivity index (χ2v) is 9.06. The fourth-order valence-electron chi connectivity index (χ4n) is 3.65. The lowest BCUT2D eigenvalue weighted by Gasteiger charge is -2.28. The number of ether oxygens (including phenoxy) is 1. The van der Waals surface area contributed by atoms with Gasteiger partial charge in [0.1, 0.15) is 0 Å². The largest absolute Gasteiger partial charge is 0.378 e. The Morgan fingerprint density at radius 1 is 1.12 bits per heavy atom. The maximum atomic E-state index is 12.7. The first-order valence-corrected chi connectivity index (χ1v) is 11.9. The van der Waals surface area contributed by atoms with Crippen molar-refractivity contribution in [3.63, 3.8) is 0 Å². The van der Waals surface area contributed by atoms with Crippen molar-refractivity contribution in [3.05, 3.63) is 59.7 Å². The predicted octanol–water partition coefficient (Wildman–Crippen LogP) is 4.27. The first-order valence-electron chi connectivity index (χ1n) is 10.9. The standard InChI is InChI=1S/C24H29N5O2S/c1-17(2)19-8-6-9-20(15-19)25-22(30)16-32-24-27-26-23(28-11-13-31-14-12-28)29(24)21-10-5-4-7-18(21)3/h4-10,15,17H,11-14,16H2,1-3H3,(H,25,30). The number of hydrogen-bond acceptors (Lipinski definition) is 6. The highest BCUT2D eigenvalue weighted by atomic mass is 32.2. The van der Waals surface area contributed by atoms with Gasteiger partial charge in [-0.1, -0.05) is 55.9 Å². The molecule has 168 valence electrons. The summed E-state index contributed by atoms with van der Waals surface area (Å²) < 4.78 is 7.55. The number of benzene rings is 2. The van der Waals surface area contributed by atoms with Crippen molar-refractivity contribution in [2.45, 2.75) is 31.8 Å². The minimum atomic E-state index is -0.0665. The van der Waals surface area contributed by atoms with Crippen molar-refractivity contribution in [1.29, 1.82) is 0 Å². The molecular formula is C24H29N5O2S. The lowest BCUT2D eigenvalue weighted by molar-refractivity contribution is -0.113. The summed E-state index contributed by atoms with van der Waals surface area (Å²) in [5.74, 6) is 1.38. The van der Waals surface area contributed by atoms with Gasteiger partial charge in [0.25, 0.3) is 0 Å². The molecule has 2 aromatic carbocycles. The van der Waals surface area contributed by atoms with Gasteiger partial charge in [0.05, 0.1) is 24.7 Å². The third-order valence-electron chi connectivity index (χ3n) is 5.44. The van der Waals surface area contributed by atoms with Crippen LogP contribution in [0.2, 0.25) is 0 Å². The van der Waals surface area contributed by atoms with E-state index in [1.54, 1.807) is 0 Å². The van der Waals surface area contributed by atoms with E-state index in [-0.39, 0.29) is 11.7 Å². The molecule has 1 aliphatic heterocycles. The molecule has 1 saturated heterocycles. The van der Waals surface area contributed by atoms with Crippen LogP contribution in [0.25, 0.3) is 5.69 Å². The fourth-order valence-corrected chi connectivity index (χ4v) is 4.39. The second kappa shape index (κ2) is 10.2. The smallest absolute Gasteiger partial charge is 0.234 e. The summed E-state index contributed by atoms with van der Waals surface area (Å²) in [4.78, 5) is 14.9. The van der Waals surface area contributed by atoms with E-state index >= 15 is 0 Å². The van der Waals surface area contributed by atoms with Gasteiger partial charge in [0, 0.05) is 18.8 Å². The van der Waals surface area contributed by atoms with Gasteiger partial charge in [0.2, 0.25) is 11.9 Å². The summed E-state index contributed by atoms with van der Waals surface area (Å²) in [6.45, 7) is 9.22. The highest BCUT2D eigenvalue weighted by Gasteiger charge is 2.23. The van der Waals surface area contributed by atoms with Crippen LogP contribution in [0.3, 0.4) is 0 Å². The number of thioether (sulfide) groups is 1. The molecule has 1 amide bonds. The van der Waals surface area contributed by atoms with Crippen molar-refractivity contribution in [3.8, 4) is 5.69 Å². The molecule has 8 heteroatoms. The summed E-state index contributed by atoms with van der Waals surface area (Å²) >= 11 is 1.39. The topological polar surface area (TPSA) is 72.3 Å². The molecule has 0 spiro atoms. The number of nitrogens with zero attached hydrogens (tertiary/aromatic N) is 4. The maximum Gasteiger partial charge on any atom is 0.234 e. The number of morpholine rings is 1. The van der Waals surface area contributed by atoms with E-state index in [2.05, 4.69) is 64.0 Å². The van der Waals surface area contributed by atoms with Crippen molar-refractivity contribution < 1.29 is 9.53 Å². The average molecular weight is 452 g/mol. The number of hydrogen-bond donors (Lipinski definition) is 1. The lowest BCUT2D eigenvalue weighted by atomic mass is 10.0. The zero-order chi connectivity index (χ0) is 22.5. The Morgan fingerprint density at radius 2 is 1.91 bits per heavy atom. The Labute approximate surface area is 193 Å². The normalized spacial score (nSPS) is 14.1. The summed E-state index contributed by atoms with van der Waals surface area (Å²) in [6.07, 6.45) is 0. The number of rotatable bonds is 7. The monoisotopic (exact) mass is 451 g/mol. The van der Waals surface area contributed by atoms with E-state index in [9.17, 15) is 4.79 Å². The summed E-state index contributed by atoms with van der Waals surface area (Å²) in [5, 5.41) is 12.6. The van der Waals surface area contributed by atoms with E-state index in [1.165, 1.54) is 17.3 Å². The molecule has 0 atom stereocenters. The number of amides is 1. The fraction of sp³-hybridized carbons (Fsp3) is 0.375. The Morgan fingerprint density at radius 3 is 2.66 bits per heavy atom. The molecular weight excluding hydrogens is 422 g/mol. The van der Waals surface area contributed by atoms with E-state index in [1.807, 2.05) is 30.3 Å². The van der Waals surface area contributed by atoms with Crippen LogP contribution in [-0.4, -0.2) is 52.7 Å². The van der Waals surface area contributed by atoms with Crippen LogP contribution in [0.5, 0.6) is 0 Å². The molecule has 0 radical (unpaired) electrons. The Balaban J connectivity index is 1.53. The number of anilines is 2. The number of carbonyl (C=O) groups is 1. The first kappa shape index (κ1) is 22.4. The average Bonchev–Trinajstić information content (AvgIpc) is 3.22. The molecule has 1 aliphatic rings. The molecule has 1 fully saturated rings. The minimum Gasteiger partial charge on any atom is -0.378 e. The van der Waals surface area contributed by atoms with Gasteiger partial charge < -0.3 is 15.0 Å². The maximum absolute atomic E-state index is 12.7. The highest BCUT2D eigenvalue weighted by Crippen LogP contribution is 2.29. The Bertz CT molecular complexity index is 1080. The summed E-state index contributed by atoms with van der Waals surface area (Å²) in [7, 11) is 0. The van der Waals surface area contributed by atoms with Crippen LogP contribution in [0.4, 0.5) is 11.6 Å². The molecule has 0 bridgehead atoms. The second-order valence-electron chi connectivity index (χ2n) is 8.12. The van der Waals surface area contributed by atoms with Gasteiger partial charge in [-0.15, -0.1) is 10.2 Å². The van der Waals surface area contributed by atoms with Gasteiger partial charge in [-0.3, -0.25) is 9.36 Å². The molecule has 32 heavy (non-hydrogen) atoms. The molecule has 1 aromatic heterocycles. The van der Waals surface area contributed by atoms with Gasteiger partial charge in [-0.2, -0.15) is 0 Å². The third-order valence-corrected chi connectivity index (χ3v) is 6.36. The summed E-state index contributed by atoms with van der Waals surface area (Å²) in [5.41, 5.74) is 4.16. The number of para-hydroxylation sites is 1. The van der Waals surface area contributed by atoms with E-state index in [4.69, 9.17) is 4.74 Å². The van der Waals surface area contributed by atoms with Crippen molar-refractivity contribution in [1.82, 2.24) is 14.8 Å². The highest BCUT2D eigenvalue weighted by molar-refractivity contribution is 7.99. The van der Waals surface area contributed by atoms with Crippen molar-refractivity contribution in [2.75, 3.05) is 42.3 Å². The zero-order valence-electron chi connectivity index (χ0n) is 18.7. The summed E-state index contributed by atoms with van der Waals surface area (Å²) in [6, 6.07) is 16.2. The molecule has 2 heterocycles. The molecule has 4 rings (SSSR count). The van der Waals surface area contributed by atoms with Crippen LogP contribution in [-0.2, 0) is 9.53 Å². The van der Waals surface area contributed by atoms with Crippen LogP contribution in [0.1, 0.15) is 30.9 Å². The molecule has 1 N–H and O–H groups in total. The van der Waals surface area contributed by atoms with E-state index < -0.39 is 0 Å². The van der Waals surface area contributed by atoms with Crippen molar-refractivity contribution >= 4 is 29.3 Å². The van der Waals surface area contributed by atoms with Gasteiger partial charge in [0.15, 0.2) is 5.16 Å². The Kier molecular flexibility index (Phi) is 7.12. The first-order chi connectivity index (χ1) is 15.5. The van der Waals surface area contributed by atoms with Crippen LogP contribution >= 0.6 is 11.8 Å². The van der Waals surface area contributed by atoms with Crippen LogP contribution in [0, 0.1) is 6.92 Å². The molecule has 3 aromatic rings. The Hall–Kier alpha value is -2.84. The SMILES string of the molecule is Cc1ccccc1-n1c(SCC(=O)Nc2cccc(C(C)C)c2)nnc1N1CCOCC1. The quantitative estimate of drug-likeness (QED) is 0.541. The van der Waals surface area contributed by atoms with Gasteiger partial charge >= 0.3 is 0 Å². The number of aryl methyl sites for hydroxylation is 1. The van der Waals surface area contributed by atoms with Gasteiger partial charge in [-0.25, -0.2) is 0 Å². The molecule has 7 nitrogen and oxygen atoms in total. The number of nitrogens with one attached hydrogen (secondary N) is 1. The van der Waals surface area contributed by atoms with Gasteiger partial charge in [-0.05, 0) is 42.2 Å². The minimum absolute atomic E-state index is 0.0665. The predicted molar refractivity (Wildman–Crippen MR) is 129 cm³/mol. The third kappa shape index (κ3) is 5.14. The number of carbonyl (C=O) groups excluding carboxylic acids is 1. The molecule has 0 saturated carbocycles. The van der Waals surface area contributed by atoms with Crippen molar-refractivity contribution in [2.24, 2.45) is 0 Å². The number of aromatic nitrogens is 3. The van der Waals surface area contributed by atoms with E-state index in [0.29, 0.717) is 24.3 Å². The van der Waals surface area contributed by atoms with Crippen LogP contribution in [0.15, 0.2) is 53.7 Å². The molecule has 0 aliphatic carbocycles. The van der Waals surface area contributed by atoms with E-state index in [0.717, 1.165) is 36.0 Å². The zero-order valence-corrected chi connectivity index (χ0v) is 19.6. The molecule has 0 unspecified atom stereocenters.